The predicted molar refractivity (Wildman–Crippen MR) is 86.7 cm³/mol. The molecule has 0 radical (unpaired) electrons. The van der Waals surface area contributed by atoms with Crippen molar-refractivity contribution in [3.63, 3.8) is 0 Å². The third-order valence-corrected chi connectivity index (χ3v) is 4.67. The summed E-state index contributed by atoms with van der Waals surface area (Å²) in [4.78, 5) is 23.8. The van der Waals surface area contributed by atoms with Gasteiger partial charge in [-0.3, -0.25) is 9.59 Å². The second-order valence-electron chi connectivity index (χ2n) is 5.43. The maximum absolute atomic E-state index is 11.9. The van der Waals surface area contributed by atoms with Crippen LogP contribution >= 0.6 is 11.8 Å². The summed E-state index contributed by atoms with van der Waals surface area (Å²) >= 11 is 1.37. The van der Waals surface area contributed by atoms with Gasteiger partial charge in [0.15, 0.2) is 5.78 Å². The number of benzene rings is 1. The standard InChI is InChI=1S/C16H22N2O2S/c1-12-7-8-17-9-14(12)18-16(20)11-21-10-15(19)13-5-3-2-4-6-13/h2-6,12,14,17H,7-11H2,1H3,(H,18,20). The Bertz CT molecular complexity index is 478. The van der Waals surface area contributed by atoms with Crippen molar-refractivity contribution >= 4 is 23.5 Å². The Balaban J connectivity index is 1.68. The van der Waals surface area contributed by atoms with E-state index in [2.05, 4.69) is 17.6 Å². The number of hydrogen-bond acceptors (Lipinski definition) is 4. The van der Waals surface area contributed by atoms with E-state index in [0.29, 0.717) is 23.0 Å². The highest BCUT2D eigenvalue weighted by Crippen LogP contribution is 2.12. The van der Waals surface area contributed by atoms with E-state index in [0.717, 1.165) is 19.5 Å². The Hall–Kier alpha value is -1.33. The van der Waals surface area contributed by atoms with Gasteiger partial charge >= 0.3 is 0 Å². The molecule has 1 saturated heterocycles. The molecule has 21 heavy (non-hydrogen) atoms. The van der Waals surface area contributed by atoms with Crippen molar-refractivity contribution in [2.45, 2.75) is 19.4 Å². The fourth-order valence-corrected chi connectivity index (χ4v) is 3.10. The number of carbonyl (C=O) groups excluding carboxylic acids is 2. The molecule has 1 heterocycles. The Morgan fingerprint density at radius 1 is 1.29 bits per heavy atom. The van der Waals surface area contributed by atoms with Crippen molar-refractivity contribution in [1.29, 1.82) is 0 Å². The average molecular weight is 306 g/mol. The summed E-state index contributed by atoms with van der Waals surface area (Å²) in [6.45, 7) is 4.02. The first kappa shape index (κ1) is 16.0. The molecule has 5 heteroatoms. The molecule has 1 amide bonds. The maximum Gasteiger partial charge on any atom is 0.230 e. The van der Waals surface area contributed by atoms with Crippen molar-refractivity contribution in [3.8, 4) is 0 Å². The van der Waals surface area contributed by atoms with Gasteiger partial charge in [-0.15, -0.1) is 11.8 Å². The molecule has 1 fully saturated rings. The van der Waals surface area contributed by atoms with Crippen LogP contribution in [0, 0.1) is 5.92 Å². The molecular formula is C16H22N2O2S. The summed E-state index contributed by atoms with van der Waals surface area (Å²) in [5, 5.41) is 6.34. The first-order valence-corrected chi connectivity index (χ1v) is 8.48. The first-order valence-electron chi connectivity index (χ1n) is 7.33. The van der Waals surface area contributed by atoms with Gasteiger partial charge in [0.1, 0.15) is 0 Å². The minimum atomic E-state index is 0.0152. The maximum atomic E-state index is 11.9. The van der Waals surface area contributed by atoms with Gasteiger partial charge in [-0.25, -0.2) is 0 Å². The number of thioether (sulfide) groups is 1. The van der Waals surface area contributed by atoms with Crippen LogP contribution in [0.25, 0.3) is 0 Å². The minimum Gasteiger partial charge on any atom is -0.351 e. The number of piperidine rings is 1. The summed E-state index contributed by atoms with van der Waals surface area (Å²) in [7, 11) is 0. The summed E-state index contributed by atoms with van der Waals surface area (Å²) in [5.74, 6) is 1.27. The van der Waals surface area contributed by atoms with Crippen molar-refractivity contribution in [2.75, 3.05) is 24.6 Å². The molecule has 1 aliphatic rings. The summed E-state index contributed by atoms with van der Waals surface area (Å²) < 4.78 is 0. The van der Waals surface area contributed by atoms with Crippen LogP contribution in [0.4, 0.5) is 0 Å². The van der Waals surface area contributed by atoms with Gasteiger partial charge in [0, 0.05) is 18.2 Å². The Kier molecular flexibility index (Phi) is 6.26. The zero-order chi connectivity index (χ0) is 15.1. The van der Waals surface area contributed by atoms with Gasteiger partial charge in [-0.2, -0.15) is 0 Å². The molecule has 2 rings (SSSR count). The molecule has 0 aliphatic carbocycles. The van der Waals surface area contributed by atoms with Gasteiger partial charge in [-0.1, -0.05) is 37.3 Å². The number of Topliss-reactive ketones (excluding diaryl/α,β-unsaturated/α-hetero) is 1. The number of hydrogen-bond donors (Lipinski definition) is 2. The van der Waals surface area contributed by atoms with E-state index < -0.39 is 0 Å². The third-order valence-electron chi connectivity index (χ3n) is 3.74. The van der Waals surface area contributed by atoms with Gasteiger partial charge in [-0.05, 0) is 18.9 Å². The lowest BCUT2D eigenvalue weighted by Gasteiger charge is -2.30. The molecule has 114 valence electrons. The molecule has 1 aliphatic heterocycles. The van der Waals surface area contributed by atoms with Crippen LogP contribution in [0.15, 0.2) is 30.3 Å². The number of carbonyl (C=O) groups is 2. The third kappa shape index (κ3) is 5.17. The van der Waals surface area contributed by atoms with Gasteiger partial charge < -0.3 is 10.6 Å². The van der Waals surface area contributed by atoms with Crippen molar-refractivity contribution in [3.05, 3.63) is 35.9 Å². The van der Waals surface area contributed by atoms with E-state index >= 15 is 0 Å². The Morgan fingerprint density at radius 2 is 2.05 bits per heavy atom. The zero-order valence-electron chi connectivity index (χ0n) is 12.3. The largest absolute Gasteiger partial charge is 0.351 e. The summed E-state index contributed by atoms with van der Waals surface area (Å²) in [6.07, 6.45) is 1.09. The fourth-order valence-electron chi connectivity index (χ4n) is 2.38. The lowest BCUT2D eigenvalue weighted by atomic mass is 9.95. The van der Waals surface area contributed by atoms with E-state index in [1.165, 1.54) is 11.8 Å². The SMILES string of the molecule is CC1CCNCC1NC(=O)CSCC(=O)c1ccccc1. The molecule has 0 spiro atoms. The number of nitrogens with one attached hydrogen (secondary N) is 2. The van der Waals surface area contributed by atoms with Gasteiger partial charge in [0.2, 0.25) is 5.91 Å². The molecule has 1 aromatic carbocycles. The molecule has 0 bridgehead atoms. The van der Waals surface area contributed by atoms with E-state index in [1.54, 1.807) is 12.1 Å². The van der Waals surface area contributed by atoms with Crippen LogP contribution in [0.1, 0.15) is 23.7 Å². The number of rotatable bonds is 6. The average Bonchev–Trinajstić information content (AvgIpc) is 2.50. The van der Waals surface area contributed by atoms with Crippen molar-refractivity contribution in [2.24, 2.45) is 5.92 Å². The Morgan fingerprint density at radius 3 is 2.76 bits per heavy atom. The molecule has 0 saturated carbocycles. The minimum absolute atomic E-state index is 0.0152. The zero-order valence-corrected chi connectivity index (χ0v) is 13.1. The van der Waals surface area contributed by atoms with Gasteiger partial charge in [0.05, 0.1) is 11.5 Å². The van der Waals surface area contributed by atoms with Gasteiger partial charge in [0.25, 0.3) is 0 Å². The monoisotopic (exact) mass is 306 g/mol. The number of amides is 1. The van der Waals surface area contributed by atoms with Crippen molar-refractivity contribution in [1.82, 2.24) is 10.6 Å². The Labute approximate surface area is 130 Å². The fraction of sp³-hybridized carbons (Fsp3) is 0.500. The number of ketones is 1. The molecule has 2 N–H and O–H groups in total. The summed E-state index contributed by atoms with van der Waals surface area (Å²) in [6, 6.07) is 9.40. The van der Waals surface area contributed by atoms with E-state index in [1.807, 2.05) is 18.2 Å². The van der Waals surface area contributed by atoms with E-state index in [4.69, 9.17) is 0 Å². The summed E-state index contributed by atoms with van der Waals surface area (Å²) in [5.41, 5.74) is 0.704. The quantitative estimate of drug-likeness (QED) is 0.786. The van der Waals surface area contributed by atoms with Crippen LogP contribution in [0.2, 0.25) is 0 Å². The normalized spacial score (nSPS) is 21.8. The molecule has 4 nitrogen and oxygen atoms in total. The second-order valence-corrected chi connectivity index (χ2v) is 6.41. The molecule has 2 atom stereocenters. The van der Waals surface area contributed by atoms with Crippen LogP contribution in [0.5, 0.6) is 0 Å². The predicted octanol–water partition coefficient (Wildman–Crippen LogP) is 1.72. The molecule has 1 aromatic rings. The molecule has 0 aromatic heterocycles. The first-order chi connectivity index (χ1) is 10.2. The van der Waals surface area contributed by atoms with Crippen LogP contribution in [-0.4, -0.2) is 42.3 Å². The van der Waals surface area contributed by atoms with Crippen LogP contribution in [0.3, 0.4) is 0 Å². The smallest absolute Gasteiger partial charge is 0.230 e. The second kappa shape index (κ2) is 8.20. The van der Waals surface area contributed by atoms with E-state index in [-0.39, 0.29) is 17.7 Å². The molecule has 2 unspecified atom stereocenters. The highest BCUT2D eigenvalue weighted by atomic mass is 32.2. The lowest BCUT2D eigenvalue weighted by molar-refractivity contribution is -0.119. The topological polar surface area (TPSA) is 58.2 Å². The lowest BCUT2D eigenvalue weighted by Crippen LogP contribution is -2.50. The molecular weight excluding hydrogens is 284 g/mol. The van der Waals surface area contributed by atoms with E-state index in [9.17, 15) is 9.59 Å². The highest BCUT2D eigenvalue weighted by Gasteiger charge is 2.22. The van der Waals surface area contributed by atoms with Crippen LogP contribution in [-0.2, 0) is 4.79 Å². The van der Waals surface area contributed by atoms with Crippen LogP contribution < -0.4 is 10.6 Å². The highest BCUT2D eigenvalue weighted by molar-refractivity contribution is 8.00. The van der Waals surface area contributed by atoms with Crippen molar-refractivity contribution < 1.29 is 9.59 Å².